The molecule has 0 aliphatic carbocycles. The lowest BCUT2D eigenvalue weighted by atomic mass is 10.0. The minimum Gasteiger partial charge on any atom is -0.332 e. The largest absolute Gasteiger partial charge is 0.332 e. The van der Waals surface area contributed by atoms with Crippen molar-refractivity contribution in [2.45, 2.75) is 33.1 Å². The van der Waals surface area contributed by atoms with Crippen LogP contribution in [0.4, 0.5) is 5.69 Å². The zero-order valence-corrected chi connectivity index (χ0v) is 21.1. The summed E-state index contributed by atoms with van der Waals surface area (Å²) in [5.74, 6) is -0.253. The Morgan fingerprint density at radius 3 is 2.44 bits per heavy atom. The van der Waals surface area contributed by atoms with Gasteiger partial charge in [-0.3, -0.25) is 10.1 Å². The number of benzene rings is 4. The number of aryl methyl sites for hydroxylation is 2. The molecule has 5 rings (SSSR count). The van der Waals surface area contributed by atoms with Crippen molar-refractivity contribution in [2.24, 2.45) is 0 Å². The van der Waals surface area contributed by atoms with Crippen LogP contribution in [0.1, 0.15) is 41.3 Å². The quantitative estimate of drug-likeness (QED) is 0.270. The standard InChI is InChI=1S/C29H27N5OS/c1-3-4-8-20-13-15-22(16-14-20)34-32-26-17-19(2)25(18-27(26)33-34)30-29(36)31-28(35)24-12-7-10-21-9-5-6-11-23(21)24/h5-7,9-18H,3-4,8H2,1-2H3,(H2,30,31,35,36). The molecular formula is C29H27N5OS. The number of hydrogen-bond acceptors (Lipinski definition) is 4. The summed E-state index contributed by atoms with van der Waals surface area (Å²) >= 11 is 5.46. The molecule has 0 bridgehead atoms. The molecule has 1 heterocycles. The fourth-order valence-corrected chi connectivity index (χ4v) is 4.44. The summed E-state index contributed by atoms with van der Waals surface area (Å²) in [6, 6.07) is 25.7. The first-order chi connectivity index (χ1) is 17.5. The van der Waals surface area contributed by atoms with E-state index in [-0.39, 0.29) is 11.0 Å². The van der Waals surface area contributed by atoms with Crippen molar-refractivity contribution in [3.8, 4) is 5.69 Å². The van der Waals surface area contributed by atoms with Gasteiger partial charge in [0, 0.05) is 11.3 Å². The lowest BCUT2D eigenvalue weighted by molar-refractivity contribution is 0.0979. The number of aromatic nitrogens is 3. The number of amides is 1. The molecular weight excluding hydrogens is 466 g/mol. The Hall–Kier alpha value is -4.10. The summed E-state index contributed by atoms with van der Waals surface area (Å²) in [5.41, 5.74) is 6.06. The first-order valence-corrected chi connectivity index (χ1v) is 12.5. The van der Waals surface area contributed by atoms with E-state index in [0.717, 1.165) is 45.2 Å². The van der Waals surface area contributed by atoms with Gasteiger partial charge in [0.05, 0.1) is 5.69 Å². The SMILES string of the molecule is CCCCc1ccc(-n2nc3cc(C)c(NC(=S)NC(=O)c4cccc5ccccc45)cc3n2)cc1. The molecule has 5 aromatic rings. The first kappa shape index (κ1) is 23.6. The smallest absolute Gasteiger partial charge is 0.258 e. The third kappa shape index (κ3) is 4.97. The predicted molar refractivity (Wildman–Crippen MR) is 150 cm³/mol. The van der Waals surface area contributed by atoms with Crippen LogP contribution in [-0.4, -0.2) is 26.0 Å². The van der Waals surface area contributed by atoms with Crippen molar-refractivity contribution in [1.29, 1.82) is 0 Å². The molecule has 0 saturated carbocycles. The Balaban J connectivity index is 1.32. The first-order valence-electron chi connectivity index (χ1n) is 12.1. The molecule has 4 aromatic carbocycles. The van der Waals surface area contributed by atoms with Crippen molar-refractivity contribution in [2.75, 3.05) is 5.32 Å². The number of carbonyl (C=O) groups is 1. The van der Waals surface area contributed by atoms with E-state index < -0.39 is 0 Å². The average Bonchev–Trinajstić information content (AvgIpc) is 3.30. The second-order valence-corrected chi connectivity index (χ2v) is 9.26. The van der Waals surface area contributed by atoms with E-state index in [1.54, 1.807) is 10.9 Å². The van der Waals surface area contributed by atoms with Gasteiger partial charge in [-0.05, 0) is 84.2 Å². The van der Waals surface area contributed by atoms with E-state index in [1.165, 1.54) is 18.4 Å². The van der Waals surface area contributed by atoms with Crippen LogP contribution in [0.5, 0.6) is 0 Å². The summed E-state index contributed by atoms with van der Waals surface area (Å²) < 4.78 is 0. The van der Waals surface area contributed by atoms with E-state index >= 15 is 0 Å². The van der Waals surface area contributed by atoms with Gasteiger partial charge in [-0.15, -0.1) is 10.2 Å². The van der Waals surface area contributed by atoms with Crippen LogP contribution in [0.3, 0.4) is 0 Å². The fraction of sp³-hybridized carbons (Fsp3) is 0.172. The molecule has 0 aliphatic heterocycles. The highest BCUT2D eigenvalue weighted by Crippen LogP contribution is 2.23. The lowest BCUT2D eigenvalue weighted by Gasteiger charge is -2.12. The predicted octanol–water partition coefficient (Wildman–Crippen LogP) is 6.35. The summed E-state index contributed by atoms with van der Waals surface area (Å²) in [4.78, 5) is 14.6. The van der Waals surface area contributed by atoms with Gasteiger partial charge in [0.15, 0.2) is 5.11 Å². The maximum absolute atomic E-state index is 12.9. The second-order valence-electron chi connectivity index (χ2n) is 8.85. The molecule has 2 N–H and O–H groups in total. The van der Waals surface area contributed by atoms with Crippen LogP contribution in [0.15, 0.2) is 78.9 Å². The van der Waals surface area contributed by atoms with Crippen LogP contribution in [-0.2, 0) is 6.42 Å². The van der Waals surface area contributed by atoms with E-state index in [2.05, 4.69) is 39.9 Å². The molecule has 0 spiro atoms. The molecule has 36 heavy (non-hydrogen) atoms. The van der Waals surface area contributed by atoms with Gasteiger partial charge in [0.2, 0.25) is 0 Å². The van der Waals surface area contributed by atoms with E-state index in [1.807, 2.05) is 67.6 Å². The van der Waals surface area contributed by atoms with Crippen LogP contribution < -0.4 is 10.6 Å². The van der Waals surface area contributed by atoms with Gasteiger partial charge >= 0.3 is 0 Å². The Bertz CT molecular complexity index is 1570. The van der Waals surface area contributed by atoms with Crippen LogP contribution in [0.25, 0.3) is 27.5 Å². The Morgan fingerprint density at radius 2 is 1.67 bits per heavy atom. The number of thiocarbonyl (C=S) groups is 1. The number of nitrogens with zero attached hydrogens (tertiary/aromatic N) is 3. The number of unbranched alkanes of at least 4 members (excludes halogenated alkanes) is 1. The number of rotatable bonds is 6. The topological polar surface area (TPSA) is 71.8 Å². The minimum atomic E-state index is -0.253. The molecule has 0 radical (unpaired) electrons. The fourth-order valence-electron chi connectivity index (χ4n) is 4.24. The monoisotopic (exact) mass is 493 g/mol. The summed E-state index contributed by atoms with van der Waals surface area (Å²) in [6.07, 6.45) is 3.44. The van der Waals surface area contributed by atoms with Crippen molar-refractivity contribution in [1.82, 2.24) is 20.3 Å². The van der Waals surface area contributed by atoms with Gasteiger partial charge in [0.1, 0.15) is 11.0 Å². The van der Waals surface area contributed by atoms with Crippen molar-refractivity contribution in [3.63, 3.8) is 0 Å². The van der Waals surface area contributed by atoms with Crippen molar-refractivity contribution < 1.29 is 4.79 Å². The Labute approximate surface area is 215 Å². The number of hydrogen-bond donors (Lipinski definition) is 2. The van der Waals surface area contributed by atoms with Gasteiger partial charge in [-0.2, -0.15) is 4.80 Å². The Kier molecular flexibility index (Phi) is 6.73. The molecule has 0 aliphatic rings. The van der Waals surface area contributed by atoms with Crippen LogP contribution >= 0.6 is 12.2 Å². The van der Waals surface area contributed by atoms with Gasteiger partial charge in [-0.1, -0.05) is 61.9 Å². The molecule has 180 valence electrons. The highest BCUT2D eigenvalue weighted by atomic mass is 32.1. The summed E-state index contributed by atoms with van der Waals surface area (Å²) in [5, 5.41) is 17.4. The van der Waals surface area contributed by atoms with Crippen molar-refractivity contribution >= 4 is 50.7 Å². The second kappa shape index (κ2) is 10.3. The maximum Gasteiger partial charge on any atom is 0.258 e. The molecule has 6 nitrogen and oxygen atoms in total. The van der Waals surface area contributed by atoms with Crippen LogP contribution in [0, 0.1) is 6.92 Å². The van der Waals surface area contributed by atoms with Crippen molar-refractivity contribution in [3.05, 3.63) is 95.6 Å². The van der Waals surface area contributed by atoms with Crippen LogP contribution in [0.2, 0.25) is 0 Å². The third-order valence-electron chi connectivity index (χ3n) is 6.22. The summed E-state index contributed by atoms with van der Waals surface area (Å²) in [7, 11) is 0. The highest BCUT2D eigenvalue weighted by molar-refractivity contribution is 7.80. The van der Waals surface area contributed by atoms with E-state index in [4.69, 9.17) is 12.2 Å². The maximum atomic E-state index is 12.9. The van der Waals surface area contributed by atoms with Gasteiger partial charge in [0.25, 0.3) is 5.91 Å². The number of fused-ring (bicyclic) bond motifs is 2. The average molecular weight is 494 g/mol. The van der Waals surface area contributed by atoms with Gasteiger partial charge in [-0.25, -0.2) is 0 Å². The Morgan fingerprint density at radius 1 is 0.944 bits per heavy atom. The molecule has 0 atom stereocenters. The third-order valence-corrected chi connectivity index (χ3v) is 6.43. The normalized spacial score (nSPS) is 11.1. The lowest BCUT2D eigenvalue weighted by Crippen LogP contribution is -2.34. The zero-order valence-electron chi connectivity index (χ0n) is 20.3. The highest BCUT2D eigenvalue weighted by Gasteiger charge is 2.13. The number of carbonyl (C=O) groups excluding carboxylic acids is 1. The molecule has 0 unspecified atom stereocenters. The zero-order chi connectivity index (χ0) is 25.1. The molecule has 0 saturated heterocycles. The molecule has 1 amide bonds. The van der Waals surface area contributed by atoms with Gasteiger partial charge < -0.3 is 5.32 Å². The molecule has 1 aromatic heterocycles. The molecule has 0 fully saturated rings. The minimum absolute atomic E-state index is 0.227. The molecule has 7 heteroatoms. The number of anilines is 1. The number of nitrogens with one attached hydrogen (secondary N) is 2. The van der Waals surface area contributed by atoms with E-state index in [9.17, 15) is 4.79 Å². The summed E-state index contributed by atoms with van der Waals surface area (Å²) in [6.45, 7) is 4.17. The van der Waals surface area contributed by atoms with E-state index in [0.29, 0.717) is 5.56 Å².